The molecule has 7 nitrogen and oxygen atoms in total. The molecule has 24 heavy (non-hydrogen) atoms. The van der Waals surface area contributed by atoms with Crippen molar-refractivity contribution >= 4 is 21.5 Å². The molecule has 0 aliphatic heterocycles. The second-order valence-corrected chi connectivity index (χ2v) is 6.85. The molecule has 1 heterocycles. The van der Waals surface area contributed by atoms with E-state index in [1.807, 2.05) is 6.07 Å². The van der Waals surface area contributed by atoms with E-state index in [0.29, 0.717) is 5.69 Å². The van der Waals surface area contributed by atoms with Crippen LogP contribution in [0.1, 0.15) is 12.5 Å². The molecule has 1 aromatic heterocycles. The van der Waals surface area contributed by atoms with Gasteiger partial charge in [-0.05, 0) is 24.3 Å². The summed E-state index contributed by atoms with van der Waals surface area (Å²) >= 11 is 0. The number of sulfone groups is 1. The maximum absolute atomic E-state index is 11.8. The number of nitriles is 1. The largest absolute Gasteiger partial charge is 0.463 e. The molecule has 8 heteroatoms. The molecule has 0 spiro atoms. The molecule has 0 aliphatic rings. The van der Waals surface area contributed by atoms with E-state index in [2.05, 4.69) is 21.2 Å². The van der Waals surface area contributed by atoms with Gasteiger partial charge in [0.1, 0.15) is 11.6 Å². The number of hydrogen-bond acceptors (Lipinski definition) is 7. The Balaban J connectivity index is 2.22. The Morgan fingerprint density at radius 1 is 1.33 bits per heavy atom. The van der Waals surface area contributed by atoms with Crippen molar-refractivity contribution in [2.75, 3.05) is 17.7 Å². The van der Waals surface area contributed by atoms with Gasteiger partial charge in [0, 0.05) is 5.69 Å². The van der Waals surface area contributed by atoms with E-state index >= 15 is 0 Å². The molecule has 1 N–H and O–H groups in total. The lowest BCUT2D eigenvalue weighted by molar-refractivity contribution is 0.354. The lowest BCUT2D eigenvalue weighted by Crippen LogP contribution is -2.05. The van der Waals surface area contributed by atoms with Crippen molar-refractivity contribution in [1.29, 1.82) is 5.26 Å². The zero-order valence-corrected chi connectivity index (χ0v) is 13.7. The smallest absolute Gasteiger partial charge is 0.237 e. The number of rotatable bonds is 6. The Labute approximate surface area is 140 Å². The Hall–Kier alpha value is -3.10. The van der Waals surface area contributed by atoms with E-state index in [-0.39, 0.29) is 34.6 Å². The summed E-state index contributed by atoms with van der Waals surface area (Å²) in [6, 6.07) is 8.12. The Bertz CT molecular complexity index is 910. The number of nitrogens with one attached hydrogen (secondary N) is 1. The highest BCUT2D eigenvalue weighted by Gasteiger charge is 2.12. The summed E-state index contributed by atoms with van der Waals surface area (Å²) in [6.07, 6.45) is 6.44. The topological polar surface area (TPSA) is 105 Å². The van der Waals surface area contributed by atoms with E-state index in [9.17, 15) is 8.42 Å². The molecule has 0 aliphatic carbocycles. The Kier molecular flexibility index (Phi) is 5.35. The predicted molar refractivity (Wildman–Crippen MR) is 88.5 cm³/mol. The molecule has 2 rings (SSSR count). The maximum Gasteiger partial charge on any atom is 0.237 e. The minimum absolute atomic E-state index is 0.0191. The highest BCUT2D eigenvalue weighted by molar-refractivity contribution is 7.91. The van der Waals surface area contributed by atoms with Crippen molar-refractivity contribution in [2.24, 2.45) is 0 Å². The third-order valence-corrected chi connectivity index (χ3v) is 4.77. The van der Waals surface area contributed by atoms with Gasteiger partial charge in [-0.25, -0.2) is 13.4 Å². The number of aromatic nitrogens is 2. The van der Waals surface area contributed by atoms with Gasteiger partial charge in [0.25, 0.3) is 0 Å². The van der Waals surface area contributed by atoms with Gasteiger partial charge in [-0.15, -0.1) is 6.42 Å². The number of anilines is 2. The third-order valence-electron chi connectivity index (χ3n) is 3.02. The molecular weight excluding hydrogens is 328 g/mol. The zero-order chi connectivity index (χ0) is 17.6. The Morgan fingerprint density at radius 2 is 2.04 bits per heavy atom. The highest BCUT2D eigenvalue weighted by atomic mass is 32.2. The normalized spacial score (nSPS) is 10.5. The van der Waals surface area contributed by atoms with Crippen LogP contribution in [-0.4, -0.2) is 30.7 Å². The molecule has 0 unspecified atom stereocenters. The average molecular weight is 342 g/mol. The van der Waals surface area contributed by atoms with E-state index < -0.39 is 9.84 Å². The molecule has 1 aromatic carbocycles. The lowest BCUT2D eigenvalue weighted by Gasteiger charge is -2.08. The first kappa shape index (κ1) is 17.3. The number of benzene rings is 1. The van der Waals surface area contributed by atoms with Crippen molar-refractivity contribution in [3.05, 3.63) is 36.0 Å². The van der Waals surface area contributed by atoms with Crippen LogP contribution in [0.2, 0.25) is 0 Å². The standard InChI is InChI=1S/C16H14N4O3S/c1-3-9-23-15-12(10-17)11-18-16(20-15)19-13-5-7-14(8-6-13)24(21,22)4-2/h1,5-8,11H,4,9H2,2H3,(H,18,19,20). The van der Waals surface area contributed by atoms with Crippen molar-refractivity contribution in [3.63, 3.8) is 0 Å². The summed E-state index contributed by atoms with van der Waals surface area (Å²) in [5, 5.41) is 11.9. The monoisotopic (exact) mass is 342 g/mol. The summed E-state index contributed by atoms with van der Waals surface area (Å²) in [6.45, 7) is 1.57. The fraction of sp³-hybridized carbons (Fsp3) is 0.188. The zero-order valence-electron chi connectivity index (χ0n) is 12.9. The fourth-order valence-corrected chi connectivity index (χ4v) is 2.65. The molecule has 0 amide bonds. The fourth-order valence-electron chi connectivity index (χ4n) is 1.76. The van der Waals surface area contributed by atoms with E-state index in [4.69, 9.17) is 16.4 Å². The van der Waals surface area contributed by atoms with Crippen LogP contribution in [0.3, 0.4) is 0 Å². The number of nitrogens with zero attached hydrogens (tertiary/aromatic N) is 3. The van der Waals surface area contributed by atoms with Crippen molar-refractivity contribution in [3.8, 4) is 24.3 Å². The average Bonchev–Trinajstić information content (AvgIpc) is 2.60. The van der Waals surface area contributed by atoms with Crippen LogP contribution < -0.4 is 10.1 Å². The molecule has 0 bridgehead atoms. The van der Waals surface area contributed by atoms with Crippen LogP contribution in [0.25, 0.3) is 0 Å². The van der Waals surface area contributed by atoms with Gasteiger partial charge >= 0.3 is 0 Å². The summed E-state index contributed by atoms with van der Waals surface area (Å²) < 4.78 is 28.8. The summed E-state index contributed by atoms with van der Waals surface area (Å²) in [5.74, 6) is 2.61. The number of hydrogen-bond donors (Lipinski definition) is 1. The minimum Gasteiger partial charge on any atom is -0.463 e. The summed E-state index contributed by atoms with van der Waals surface area (Å²) in [5.41, 5.74) is 0.762. The number of ether oxygens (including phenoxy) is 1. The molecule has 0 atom stereocenters. The predicted octanol–water partition coefficient (Wildman–Crippen LogP) is 1.90. The molecule has 0 saturated heterocycles. The second-order valence-electron chi connectivity index (χ2n) is 4.57. The van der Waals surface area contributed by atoms with Crippen LogP contribution in [0.15, 0.2) is 35.4 Å². The summed E-state index contributed by atoms with van der Waals surface area (Å²) in [4.78, 5) is 8.33. The molecule has 0 saturated carbocycles. The summed E-state index contributed by atoms with van der Waals surface area (Å²) in [7, 11) is -3.25. The van der Waals surface area contributed by atoms with Gasteiger partial charge in [0.2, 0.25) is 11.8 Å². The molecule has 122 valence electrons. The first-order valence-corrected chi connectivity index (χ1v) is 8.58. The molecular formula is C16H14N4O3S. The minimum atomic E-state index is -3.25. The lowest BCUT2D eigenvalue weighted by atomic mass is 10.3. The van der Waals surface area contributed by atoms with Crippen LogP contribution >= 0.6 is 0 Å². The SMILES string of the molecule is C#CCOc1nc(Nc2ccc(S(=O)(=O)CC)cc2)ncc1C#N. The van der Waals surface area contributed by atoms with Crippen molar-refractivity contribution in [2.45, 2.75) is 11.8 Å². The first-order valence-electron chi connectivity index (χ1n) is 6.93. The van der Waals surface area contributed by atoms with Gasteiger partial charge in [-0.2, -0.15) is 10.2 Å². The maximum atomic E-state index is 11.8. The molecule has 0 radical (unpaired) electrons. The molecule has 0 fully saturated rings. The van der Waals surface area contributed by atoms with Crippen LogP contribution in [0, 0.1) is 23.7 Å². The first-order chi connectivity index (χ1) is 11.5. The van der Waals surface area contributed by atoms with E-state index in [0.717, 1.165) is 0 Å². The van der Waals surface area contributed by atoms with Gasteiger partial charge in [0.05, 0.1) is 16.8 Å². The second kappa shape index (κ2) is 7.44. The van der Waals surface area contributed by atoms with Gasteiger partial charge < -0.3 is 10.1 Å². The van der Waals surface area contributed by atoms with Crippen molar-refractivity contribution < 1.29 is 13.2 Å². The molecule has 2 aromatic rings. The highest BCUT2D eigenvalue weighted by Crippen LogP contribution is 2.20. The van der Waals surface area contributed by atoms with E-state index in [1.54, 1.807) is 19.1 Å². The van der Waals surface area contributed by atoms with Gasteiger partial charge in [-0.1, -0.05) is 12.8 Å². The van der Waals surface area contributed by atoms with Crippen LogP contribution in [-0.2, 0) is 9.84 Å². The third kappa shape index (κ3) is 4.00. The van der Waals surface area contributed by atoms with Crippen LogP contribution in [0.4, 0.5) is 11.6 Å². The van der Waals surface area contributed by atoms with Gasteiger partial charge in [0.15, 0.2) is 16.4 Å². The number of terminal acetylenes is 1. The van der Waals surface area contributed by atoms with Gasteiger partial charge in [-0.3, -0.25) is 0 Å². The van der Waals surface area contributed by atoms with Crippen molar-refractivity contribution in [1.82, 2.24) is 9.97 Å². The van der Waals surface area contributed by atoms with E-state index in [1.165, 1.54) is 18.3 Å². The quantitative estimate of drug-likeness (QED) is 0.799. The Morgan fingerprint density at radius 3 is 2.62 bits per heavy atom. The van der Waals surface area contributed by atoms with Crippen LogP contribution in [0.5, 0.6) is 5.88 Å².